The Balaban J connectivity index is 2.21. The lowest BCUT2D eigenvalue weighted by Gasteiger charge is -2.34. The van der Waals surface area contributed by atoms with Crippen molar-refractivity contribution in [2.45, 2.75) is 19.8 Å². The molecule has 120 valence electrons. The van der Waals surface area contributed by atoms with Crippen LogP contribution in [-0.2, 0) is 14.3 Å². The van der Waals surface area contributed by atoms with E-state index in [1.165, 1.54) is 7.11 Å². The van der Waals surface area contributed by atoms with E-state index >= 15 is 0 Å². The van der Waals surface area contributed by atoms with Crippen LogP contribution in [0.4, 0.5) is 5.69 Å². The molecule has 1 heterocycles. The molecule has 0 aromatic heterocycles. The Hall–Kier alpha value is -1.92. The SMILES string of the molecule is COC(=O)c1ccc(C)c(NC(=O)C2(CN)CCOCC2)c1. The number of anilines is 1. The van der Waals surface area contributed by atoms with E-state index in [2.05, 4.69) is 5.32 Å². The van der Waals surface area contributed by atoms with Gasteiger partial charge >= 0.3 is 5.97 Å². The van der Waals surface area contributed by atoms with Crippen molar-refractivity contribution in [2.24, 2.45) is 11.1 Å². The lowest BCUT2D eigenvalue weighted by atomic mass is 9.79. The summed E-state index contributed by atoms with van der Waals surface area (Å²) in [6.45, 7) is 3.21. The summed E-state index contributed by atoms with van der Waals surface area (Å²) in [4.78, 5) is 24.3. The highest BCUT2D eigenvalue weighted by atomic mass is 16.5. The number of nitrogens with one attached hydrogen (secondary N) is 1. The minimum Gasteiger partial charge on any atom is -0.465 e. The van der Waals surface area contributed by atoms with Gasteiger partial charge in [0, 0.05) is 25.4 Å². The Morgan fingerprint density at radius 2 is 2.05 bits per heavy atom. The van der Waals surface area contributed by atoms with Crippen LogP contribution in [-0.4, -0.2) is 38.7 Å². The van der Waals surface area contributed by atoms with Crippen molar-refractivity contribution >= 4 is 17.6 Å². The minimum atomic E-state index is -0.605. The second-order valence-corrected chi connectivity index (χ2v) is 5.57. The first kappa shape index (κ1) is 16.5. The number of benzene rings is 1. The molecule has 0 spiro atoms. The smallest absolute Gasteiger partial charge is 0.337 e. The third-order valence-electron chi connectivity index (χ3n) is 4.23. The normalized spacial score (nSPS) is 16.9. The van der Waals surface area contributed by atoms with E-state index in [1.54, 1.807) is 18.2 Å². The van der Waals surface area contributed by atoms with Gasteiger partial charge in [0.1, 0.15) is 0 Å². The number of amides is 1. The summed E-state index contributed by atoms with van der Waals surface area (Å²) < 4.78 is 10.0. The molecular weight excluding hydrogens is 284 g/mol. The zero-order valence-electron chi connectivity index (χ0n) is 13.0. The van der Waals surface area contributed by atoms with E-state index in [0.717, 1.165) is 5.56 Å². The Morgan fingerprint density at radius 3 is 2.64 bits per heavy atom. The summed E-state index contributed by atoms with van der Waals surface area (Å²) in [6, 6.07) is 5.08. The molecule has 0 atom stereocenters. The van der Waals surface area contributed by atoms with Gasteiger partial charge in [-0.25, -0.2) is 4.79 Å². The molecular formula is C16H22N2O4. The maximum Gasteiger partial charge on any atom is 0.337 e. The van der Waals surface area contributed by atoms with Crippen LogP contribution in [0.3, 0.4) is 0 Å². The van der Waals surface area contributed by atoms with E-state index < -0.39 is 11.4 Å². The molecule has 1 fully saturated rings. The molecule has 0 bridgehead atoms. The summed E-state index contributed by atoms with van der Waals surface area (Å²) in [5.74, 6) is -0.557. The lowest BCUT2D eigenvalue weighted by molar-refractivity contribution is -0.130. The van der Waals surface area contributed by atoms with Crippen LogP contribution in [0.2, 0.25) is 0 Å². The van der Waals surface area contributed by atoms with Gasteiger partial charge in [0.05, 0.1) is 18.1 Å². The topological polar surface area (TPSA) is 90.7 Å². The molecule has 0 unspecified atom stereocenters. The van der Waals surface area contributed by atoms with E-state index in [-0.39, 0.29) is 12.5 Å². The van der Waals surface area contributed by atoms with Gasteiger partial charge in [-0.2, -0.15) is 0 Å². The molecule has 1 aliphatic heterocycles. The quantitative estimate of drug-likeness (QED) is 0.822. The van der Waals surface area contributed by atoms with Gasteiger partial charge in [0.25, 0.3) is 0 Å². The molecule has 2 rings (SSSR count). The first-order valence-corrected chi connectivity index (χ1v) is 7.30. The van der Waals surface area contributed by atoms with Crippen molar-refractivity contribution < 1.29 is 19.1 Å². The number of aryl methyl sites for hydroxylation is 1. The van der Waals surface area contributed by atoms with Gasteiger partial charge in [-0.3, -0.25) is 4.79 Å². The van der Waals surface area contributed by atoms with Gasteiger partial charge < -0.3 is 20.5 Å². The van der Waals surface area contributed by atoms with Crippen molar-refractivity contribution in [3.63, 3.8) is 0 Å². The van der Waals surface area contributed by atoms with Crippen molar-refractivity contribution in [1.82, 2.24) is 0 Å². The van der Waals surface area contributed by atoms with Gasteiger partial charge in [-0.1, -0.05) is 6.07 Å². The van der Waals surface area contributed by atoms with E-state index in [9.17, 15) is 9.59 Å². The van der Waals surface area contributed by atoms with E-state index in [4.69, 9.17) is 15.2 Å². The largest absolute Gasteiger partial charge is 0.465 e. The first-order chi connectivity index (χ1) is 10.5. The van der Waals surface area contributed by atoms with Crippen LogP contribution >= 0.6 is 0 Å². The highest BCUT2D eigenvalue weighted by molar-refractivity contribution is 5.98. The van der Waals surface area contributed by atoms with Crippen LogP contribution in [0.25, 0.3) is 0 Å². The molecule has 0 saturated carbocycles. The van der Waals surface area contributed by atoms with E-state index in [0.29, 0.717) is 37.3 Å². The fraction of sp³-hybridized carbons (Fsp3) is 0.500. The zero-order valence-corrected chi connectivity index (χ0v) is 13.0. The number of esters is 1. The molecule has 1 amide bonds. The Morgan fingerprint density at radius 1 is 1.36 bits per heavy atom. The number of carbonyl (C=O) groups excluding carboxylic acids is 2. The molecule has 1 aromatic carbocycles. The first-order valence-electron chi connectivity index (χ1n) is 7.30. The highest BCUT2D eigenvalue weighted by Crippen LogP contribution is 2.31. The van der Waals surface area contributed by atoms with Crippen LogP contribution in [0.5, 0.6) is 0 Å². The Bertz CT molecular complexity index is 565. The highest BCUT2D eigenvalue weighted by Gasteiger charge is 2.39. The number of methoxy groups -OCH3 is 1. The van der Waals surface area contributed by atoms with Crippen molar-refractivity contribution in [3.05, 3.63) is 29.3 Å². The van der Waals surface area contributed by atoms with Gasteiger partial charge in [0.2, 0.25) is 5.91 Å². The zero-order chi connectivity index (χ0) is 16.2. The number of ether oxygens (including phenoxy) is 2. The second kappa shape index (κ2) is 6.89. The lowest BCUT2D eigenvalue weighted by Crippen LogP contribution is -2.46. The fourth-order valence-electron chi connectivity index (χ4n) is 2.54. The summed E-state index contributed by atoms with van der Waals surface area (Å²) in [5, 5.41) is 2.91. The predicted octanol–water partition coefficient (Wildman–Crippen LogP) is 1.48. The molecule has 0 aliphatic carbocycles. The maximum atomic E-state index is 12.7. The van der Waals surface area contributed by atoms with Crippen molar-refractivity contribution in [1.29, 1.82) is 0 Å². The Kier molecular flexibility index (Phi) is 5.15. The third kappa shape index (κ3) is 3.28. The molecule has 1 aliphatic rings. The van der Waals surface area contributed by atoms with Crippen molar-refractivity contribution in [3.8, 4) is 0 Å². The predicted molar refractivity (Wildman–Crippen MR) is 82.7 cm³/mol. The standard InChI is InChI=1S/C16H22N2O4/c1-11-3-4-12(14(19)21-2)9-13(11)18-15(20)16(10-17)5-7-22-8-6-16/h3-4,9H,5-8,10,17H2,1-2H3,(H,18,20). The number of hydrogen-bond acceptors (Lipinski definition) is 5. The van der Waals surface area contributed by atoms with Gasteiger partial charge in [-0.05, 0) is 37.5 Å². The molecule has 22 heavy (non-hydrogen) atoms. The van der Waals surface area contributed by atoms with E-state index in [1.807, 2.05) is 6.92 Å². The van der Waals surface area contributed by atoms with Gasteiger partial charge in [-0.15, -0.1) is 0 Å². The molecule has 0 radical (unpaired) electrons. The number of hydrogen-bond donors (Lipinski definition) is 2. The number of rotatable bonds is 4. The molecule has 3 N–H and O–H groups in total. The average Bonchev–Trinajstić information content (AvgIpc) is 2.56. The average molecular weight is 306 g/mol. The molecule has 1 aromatic rings. The van der Waals surface area contributed by atoms with Crippen LogP contribution in [0, 0.1) is 12.3 Å². The second-order valence-electron chi connectivity index (χ2n) is 5.57. The molecule has 1 saturated heterocycles. The van der Waals surface area contributed by atoms with Crippen LogP contribution < -0.4 is 11.1 Å². The number of carbonyl (C=O) groups is 2. The number of nitrogens with two attached hydrogens (primary N) is 1. The fourth-order valence-corrected chi connectivity index (χ4v) is 2.54. The summed E-state index contributed by atoms with van der Waals surface area (Å²) >= 11 is 0. The summed E-state index contributed by atoms with van der Waals surface area (Å²) in [5.41, 5.74) is 7.11. The minimum absolute atomic E-state index is 0.122. The summed E-state index contributed by atoms with van der Waals surface area (Å²) in [6.07, 6.45) is 1.20. The van der Waals surface area contributed by atoms with Crippen molar-refractivity contribution in [2.75, 3.05) is 32.2 Å². The van der Waals surface area contributed by atoms with Crippen LogP contribution in [0.15, 0.2) is 18.2 Å². The third-order valence-corrected chi connectivity index (χ3v) is 4.23. The molecule has 6 heteroatoms. The molecule has 6 nitrogen and oxygen atoms in total. The van der Waals surface area contributed by atoms with Gasteiger partial charge in [0.15, 0.2) is 0 Å². The maximum absolute atomic E-state index is 12.7. The summed E-state index contributed by atoms with van der Waals surface area (Å²) in [7, 11) is 1.33. The Labute approximate surface area is 130 Å². The van der Waals surface area contributed by atoms with Crippen LogP contribution in [0.1, 0.15) is 28.8 Å². The monoisotopic (exact) mass is 306 g/mol.